The highest BCUT2D eigenvalue weighted by Gasteiger charge is 2.05. The zero-order valence-corrected chi connectivity index (χ0v) is 11.0. The summed E-state index contributed by atoms with van der Waals surface area (Å²) in [7, 11) is 0. The molecule has 3 N–H and O–H groups in total. The maximum atomic E-state index is 9.60. The van der Waals surface area contributed by atoms with Crippen LogP contribution in [0, 0.1) is 0 Å². The van der Waals surface area contributed by atoms with E-state index in [0.717, 1.165) is 5.56 Å². The lowest BCUT2D eigenvalue weighted by Crippen LogP contribution is -2.09. The molecule has 0 bridgehead atoms. The fourth-order valence-electron chi connectivity index (χ4n) is 1.03. The SMILES string of the molecule is C=C(C)C(=O)O.OCCOCC(O)c1ccccc1. The summed E-state index contributed by atoms with van der Waals surface area (Å²) in [6, 6.07) is 9.31. The Labute approximate surface area is 112 Å². The van der Waals surface area contributed by atoms with E-state index < -0.39 is 12.1 Å². The highest BCUT2D eigenvalue weighted by molar-refractivity contribution is 5.84. The van der Waals surface area contributed by atoms with Crippen molar-refractivity contribution in [3.63, 3.8) is 0 Å². The first kappa shape index (κ1) is 17.3. The monoisotopic (exact) mass is 268 g/mol. The maximum absolute atomic E-state index is 9.60. The number of aliphatic carboxylic acids is 1. The summed E-state index contributed by atoms with van der Waals surface area (Å²) in [4.78, 5) is 9.60. The molecule has 0 aliphatic carbocycles. The Balaban J connectivity index is 0.000000459. The number of hydrogen-bond donors (Lipinski definition) is 3. The molecule has 0 aliphatic heterocycles. The molecule has 1 aromatic carbocycles. The Morgan fingerprint density at radius 3 is 2.32 bits per heavy atom. The molecule has 0 aliphatic rings. The largest absolute Gasteiger partial charge is 0.478 e. The van der Waals surface area contributed by atoms with Crippen molar-refractivity contribution in [3.05, 3.63) is 48.0 Å². The first-order valence-corrected chi connectivity index (χ1v) is 5.79. The lowest BCUT2D eigenvalue weighted by Gasteiger charge is -2.10. The lowest BCUT2D eigenvalue weighted by molar-refractivity contribution is -0.132. The van der Waals surface area contributed by atoms with Crippen LogP contribution in [-0.2, 0) is 9.53 Å². The average Bonchev–Trinajstić information content (AvgIpc) is 2.40. The van der Waals surface area contributed by atoms with Crippen LogP contribution in [0.1, 0.15) is 18.6 Å². The quantitative estimate of drug-likeness (QED) is 0.536. The highest BCUT2D eigenvalue weighted by atomic mass is 16.5. The molecule has 0 radical (unpaired) electrons. The molecule has 106 valence electrons. The second-order valence-electron chi connectivity index (χ2n) is 3.81. The van der Waals surface area contributed by atoms with Gasteiger partial charge in [0.25, 0.3) is 0 Å². The van der Waals surface area contributed by atoms with Crippen LogP contribution in [0.3, 0.4) is 0 Å². The van der Waals surface area contributed by atoms with E-state index in [0.29, 0.717) is 0 Å². The molecule has 0 saturated heterocycles. The zero-order chi connectivity index (χ0) is 14.7. The summed E-state index contributed by atoms with van der Waals surface area (Å²) in [5.41, 5.74) is 1.01. The topological polar surface area (TPSA) is 87.0 Å². The summed E-state index contributed by atoms with van der Waals surface area (Å²) < 4.78 is 5.00. The van der Waals surface area contributed by atoms with Crippen LogP contribution in [0.5, 0.6) is 0 Å². The molecule has 19 heavy (non-hydrogen) atoms. The van der Waals surface area contributed by atoms with Crippen LogP contribution >= 0.6 is 0 Å². The molecule has 0 fully saturated rings. The number of aliphatic hydroxyl groups is 2. The van der Waals surface area contributed by atoms with Gasteiger partial charge in [-0.05, 0) is 12.5 Å². The number of benzene rings is 1. The highest BCUT2D eigenvalue weighted by Crippen LogP contribution is 2.11. The predicted molar refractivity (Wildman–Crippen MR) is 71.8 cm³/mol. The van der Waals surface area contributed by atoms with Crippen molar-refractivity contribution in [3.8, 4) is 0 Å². The molecule has 0 aromatic heterocycles. The third-order valence-corrected chi connectivity index (χ3v) is 2.06. The Bertz CT molecular complexity index is 363. The Hall–Kier alpha value is -1.69. The van der Waals surface area contributed by atoms with Crippen molar-refractivity contribution in [1.82, 2.24) is 0 Å². The van der Waals surface area contributed by atoms with Gasteiger partial charge in [0.05, 0.1) is 19.8 Å². The van der Waals surface area contributed by atoms with Crippen LogP contribution in [0.2, 0.25) is 0 Å². The minimum atomic E-state index is -0.935. The van der Waals surface area contributed by atoms with Gasteiger partial charge in [0.15, 0.2) is 0 Å². The van der Waals surface area contributed by atoms with Crippen molar-refractivity contribution in [1.29, 1.82) is 0 Å². The summed E-state index contributed by atoms with van der Waals surface area (Å²) in [5.74, 6) is -0.935. The first-order chi connectivity index (χ1) is 8.99. The van der Waals surface area contributed by atoms with Gasteiger partial charge in [-0.15, -0.1) is 0 Å². The zero-order valence-electron chi connectivity index (χ0n) is 11.0. The molecule has 1 unspecified atom stereocenters. The molecule has 0 amide bonds. The van der Waals surface area contributed by atoms with Crippen molar-refractivity contribution < 1.29 is 24.9 Å². The molecule has 0 spiro atoms. The van der Waals surface area contributed by atoms with Gasteiger partial charge in [0.2, 0.25) is 0 Å². The lowest BCUT2D eigenvalue weighted by atomic mass is 10.1. The summed E-state index contributed by atoms with van der Waals surface area (Å²) in [6.45, 7) is 5.08. The molecule has 0 saturated carbocycles. The van der Waals surface area contributed by atoms with Crippen molar-refractivity contribution >= 4 is 5.97 Å². The standard InChI is InChI=1S/C10H14O3.C4H6O2/c11-6-7-13-8-10(12)9-4-2-1-3-5-9;1-3(2)4(5)6/h1-5,10-12H,6-8H2;1H2,2H3,(H,5,6). The minimum absolute atomic E-state index is 0.0124. The second kappa shape index (κ2) is 10.3. The van der Waals surface area contributed by atoms with E-state index in [9.17, 15) is 9.90 Å². The number of aliphatic hydroxyl groups excluding tert-OH is 2. The number of carbonyl (C=O) groups is 1. The van der Waals surface area contributed by atoms with Gasteiger partial charge in [-0.1, -0.05) is 36.9 Å². The molecule has 1 aromatic rings. The van der Waals surface area contributed by atoms with Gasteiger partial charge in [-0.3, -0.25) is 0 Å². The summed E-state index contributed by atoms with van der Waals surface area (Å²) >= 11 is 0. The molecule has 0 heterocycles. The first-order valence-electron chi connectivity index (χ1n) is 5.79. The molecular weight excluding hydrogens is 248 g/mol. The van der Waals surface area contributed by atoms with E-state index in [1.807, 2.05) is 30.3 Å². The Kier molecular flexibility index (Phi) is 9.34. The number of carboxylic acids is 1. The van der Waals surface area contributed by atoms with Crippen LogP contribution in [0.15, 0.2) is 42.5 Å². The van der Waals surface area contributed by atoms with Gasteiger partial charge in [0.1, 0.15) is 6.10 Å². The van der Waals surface area contributed by atoms with Crippen LogP contribution in [0.4, 0.5) is 0 Å². The second-order valence-corrected chi connectivity index (χ2v) is 3.81. The van der Waals surface area contributed by atoms with Crippen LogP contribution < -0.4 is 0 Å². The van der Waals surface area contributed by atoms with E-state index in [-0.39, 0.29) is 25.4 Å². The van der Waals surface area contributed by atoms with Gasteiger partial charge >= 0.3 is 5.97 Å². The molecule has 1 rings (SSSR count). The summed E-state index contributed by atoms with van der Waals surface area (Å²) in [5, 5.41) is 25.9. The smallest absolute Gasteiger partial charge is 0.330 e. The van der Waals surface area contributed by atoms with Crippen LogP contribution in [-0.4, -0.2) is 41.1 Å². The van der Waals surface area contributed by atoms with Gasteiger partial charge in [-0.2, -0.15) is 0 Å². The van der Waals surface area contributed by atoms with Gasteiger partial charge < -0.3 is 20.1 Å². The Morgan fingerprint density at radius 2 is 1.89 bits per heavy atom. The van der Waals surface area contributed by atoms with Gasteiger partial charge in [0, 0.05) is 5.57 Å². The van der Waals surface area contributed by atoms with Crippen molar-refractivity contribution in [2.45, 2.75) is 13.0 Å². The fourth-order valence-corrected chi connectivity index (χ4v) is 1.03. The molecule has 1 atom stereocenters. The third-order valence-electron chi connectivity index (χ3n) is 2.06. The number of hydrogen-bond acceptors (Lipinski definition) is 4. The van der Waals surface area contributed by atoms with E-state index in [1.54, 1.807) is 0 Å². The normalized spacial score (nSPS) is 11.1. The number of rotatable bonds is 6. The molecular formula is C14H20O5. The maximum Gasteiger partial charge on any atom is 0.330 e. The Morgan fingerprint density at radius 1 is 1.37 bits per heavy atom. The number of carboxylic acid groups (broad SMARTS) is 1. The van der Waals surface area contributed by atoms with Crippen molar-refractivity contribution in [2.24, 2.45) is 0 Å². The van der Waals surface area contributed by atoms with Crippen LogP contribution in [0.25, 0.3) is 0 Å². The third kappa shape index (κ3) is 8.96. The molecule has 5 heteroatoms. The van der Waals surface area contributed by atoms with E-state index >= 15 is 0 Å². The van der Waals surface area contributed by atoms with E-state index in [4.69, 9.17) is 14.9 Å². The average molecular weight is 268 g/mol. The van der Waals surface area contributed by atoms with E-state index in [1.165, 1.54) is 6.92 Å². The summed E-state index contributed by atoms with van der Waals surface area (Å²) in [6.07, 6.45) is -0.604. The minimum Gasteiger partial charge on any atom is -0.478 e. The van der Waals surface area contributed by atoms with Gasteiger partial charge in [-0.25, -0.2) is 4.79 Å². The van der Waals surface area contributed by atoms with Crippen molar-refractivity contribution in [2.75, 3.05) is 19.8 Å². The fraction of sp³-hybridized carbons (Fsp3) is 0.357. The van der Waals surface area contributed by atoms with E-state index in [2.05, 4.69) is 6.58 Å². The molecule has 5 nitrogen and oxygen atoms in total. The predicted octanol–water partition coefficient (Wildman–Crippen LogP) is 1.38. The number of ether oxygens (including phenoxy) is 1.